The maximum atomic E-state index is 12.1. The zero-order valence-corrected chi connectivity index (χ0v) is 15.4. The highest BCUT2D eigenvalue weighted by Crippen LogP contribution is 2.12. The predicted octanol–water partition coefficient (Wildman–Crippen LogP) is 3.40. The van der Waals surface area contributed by atoms with E-state index in [9.17, 15) is 4.79 Å². The minimum atomic E-state index is -0.829. The summed E-state index contributed by atoms with van der Waals surface area (Å²) in [7, 11) is 0. The van der Waals surface area contributed by atoms with Gasteiger partial charge >= 0.3 is 0 Å². The molecule has 5 heteroatoms. The Hall–Kier alpha value is -1.88. The normalized spacial score (nSPS) is 11.9. The fraction of sp³-hybridized carbons (Fsp3) is 0.600. The number of amides is 1. The number of aryl methyl sites for hydroxylation is 1. The molecule has 0 aliphatic carbocycles. The van der Waals surface area contributed by atoms with Gasteiger partial charge in [-0.3, -0.25) is 10.2 Å². The number of aliphatic hydroxyl groups excluding tert-OH is 1. The van der Waals surface area contributed by atoms with Crippen LogP contribution in [0.1, 0.15) is 74.2 Å². The van der Waals surface area contributed by atoms with Crippen molar-refractivity contribution in [1.82, 2.24) is 5.32 Å². The summed E-state index contributed by atoms with van der Waals surface area (Å²) >= 11 is 0. The fourth-order valence-electron chi connectivity index (χ4n) is 2.75. The van der Waals surface area contributed by atoms with Crippen LogP contribution in [0.3, 0.4) is 0 Å². The lowest BCUT2D eigenvalue weighted by Crippen LogP contribution is -2.46. The van der Waals surface area contributed by atoms with Gasteiger partial charge in [0.1, 0.15) is 11.9 Å². The average molecular weight is 348 g/mol. The molecule has 5 nitrogen and oxygen atoms in total. The highest BCUT2D eigenvalue weighted by molar-refractivity contribution is 5.97. The molecule has 5 N–H and O–H groups in total. The van der Waals surface area contributed by atoms with Crippen LogP contribution in [-0.2, 0) is 6.42 Å². The molecule has 0 radical (unpaired) electrons. The Labute approximate surface area is 151 Å². The molecule has 0 fully saturated rings. The molecule has 0 spiro atoms. The largest absolute Gasteiger partial charge is 0.394 e. The van der Waals surface area contributed by atoms with E-state index < -0.39 is 6.04 Å². The van der Waals surface area contributed by atoms with Crippen LogP contribution in [0.5, 0.6) is 0 Å². The van der Waals surface area contributed by atoms with Gasteiger partial charge in [-0.05, 0) is 30.5 Å². The molecule has 1 aromatic carbocycles. The van der Waals surface area contributed by atoms with Crippen LogP contribution in [0.25, 0.3) is 0 Å². The van der Waals surface area contributed by atoms with Crippen molar-refractivity contribution in [1.29, 1.82) is 5.41 Å². The summed E-state index contributed by atoms with van der Waals surface area (Å²) in [5.74, 6) is -0.574. The molecule has 0 saturated carbocycles. The topological polar surface area (TPSA) is 99.2 Å². The standard InChI is InChI=1S/C20H33N3O2/c1-2-3-4-5-6-7-8-9-10-16-11-13-17(14-12-16)20(25)23-18(15-24)19(21)22/h11-14,18,24H,2-10,15H2,1H3,(H3,21,22)(H,23,25)/t18-/m1/s1. The number of unbranched alkanes of at least 4 members (excludes halogenated alkanes) is 7. The monoisotopic (exact) mass is 347 g/mol. The van der Waals surface area contributed by atoms with Gasteiger partial charge in [0.15, 0.2) is 0 Å². The Morgan fingerprint density at radius 3 is 2.16 bits per heavy atom. The van der Waals surface area contributed by atoms with Crippen molar-refractivity contribution in [2.24, 2.45) is 5.73 Å². The van der Waals surface area contributed by atoms with Crippen molar-refractivity contribution in [3.8, 4) is 0 Å². The van der Waals surface area contributed by atoms with E-state index in [0.717, 1.165) is 6.42 Å². The third-order valence-electron chi connectivity index (χ3n) is 4.40. The third-order valence-corrected chi connectivity index (χ3v) is 4.40. The Morgan fingerprint density at radius 1 is 1.08 bits per heavy atom. The van der Waals surface area contributed by atoms with Gasteiger partial charge in [-0.1, -0.05) is 64.0 Å². The molecule has 0 aromatic heterocycles. The molecule has 1 rings (SSSR count). The first kappa shape index (κ1) is 21.2. The molecule has 0 heterocycles. The van der Waals surface area contributed by atoms with Gasteiger partial charge in [-0.15, -0.1) is 0 Å². The van der Waals surface area contributed by atoms with E-state index in [0.29, 0.717) is 5.56 Å². The van der Waals surface area contributed by atoms with E-state index in [4.69, 9.17) is 16.2 Å². The Kier molecular flexibility index (Phi) is 10.6. The van der Waals surface area contributed by atoms with Crippen molar-refractivity contribution in [3.63, 3.8) is 0 Å². The number of nitrogens with two attached hydrogens (primary N) is 1. The van der Waals surface area contributed by atoms with E-state index in [1.165, 1.54) is 56.9 Å². The first-order valence-electron chi connectivity index (χ1n) is 9.43. The molecular weight excluding hydrogens is 314 g/mol. The molecule has 140 valence electrons. The number of benzene rings is 1. The van der Waals surface area contributed by atoms with E-state index in [2.05, 4.69) is 12.2 Å². The lowest BCUT2D eigenvalue weighted by atomic mass is 10.0. The zero-order chi connectivity index (χ0) is 18.5. The Balaban J connectivity index is 2.29. The third kappa shape index (κ3) is 8.68. The number of nitrogens with one attached hydrogen (secondary N) is 2. The molecule has 0 aliphatic heterocycles. The van der Waals surface area contributed by atoms with Crippen LogP contribution in [0.2, 0.25) is 0 Å². The molecule has 0 aliphatic rings. The average Bonchev–Trinajstić information content (AvgIpc) is 2.62. The van der Waals surface area contributed by atoms with Gasteiger partial charge < -0.3 is 16.2 Å². The summed E-state index contributed by atoms with van der Waals surface area (Å²) in [5.41, 5.74) is 7.06. The minimum absolute atomic E-state index is 0.248. The summed E-state index contributed by atoms with van der Waals surface area (Å²) in [5, 5.41) is 18.9. The lowest BCUT2D eigenvalue weighted by molar-refractivity contribution is 0.0933. The molecule has 1 amide bonds. The van der Waals surface area contributed by atoms with E-state index >= 15 is 0 Å². The first-order chi connectivity index (χ1) is 12.1. The van der Waals surface area contributed by atoms with E-state index in [1.807, 2.05) is 12.1 Å². The molecule has 0 saturated heterocycles. The van der Waals surface area contributed by atoms with E-state index in [1.54, 1.807) is 12.1 Å². The number of rotatable bonds is 13. The highest BCUT2D eigenvalue weighted by atomic mass is 16.3. The van der Waals surface area contributed by atoms with Gasteiger partial charge in [-0.25, -0.2) is 0 Å². The number of hydrogen-bond acceptors (Lipinski definition) is 3. The lowest BCUT2D eigenvalue weighted by Gasteiger charge is -2.14. The van der Waals surface area contributed by atoms with Gasteiger partial charge in [0.2, 0.25) is 0 Å². The second kappa shape index (κ2) is 12.5. The van der Waals surface area contributed by atoms with Crippen molar-refractivity contribution in [3.05, 3.63) is 35.4 Å². The summed E-state index contributed by atoms with van der Waals surface area (Å²) in [4.78, 5) is 12.1. The second-order valence-corrected chi connectivity index (χ2v) is 6.59. The number of carbonyl (C=O) groups excluding carboxylic acids is 1. The van der Waals surface area contributed by atoms with Crippen molar-refractivity contribution in [2.45, 2.75) is 70.8 Å². The van der Waals surface area contributed by atoms with E-state index in [-0.39, 0.29) is 18.3 Å². The highest BCUT2D eigenvalue weighted by Gasteiger charge is 2.15. The van der Waals surface area contributed by atoms with Crippen LogP contribution in [0.4, 0.5) is 0 Å². The SMILES string of the molecule is CCCCCCCCCCc1ccc(C(=O)N[C@H](CO)C(=N)N)cc1. The van der Waals surface area contributed by atoms with Crippen molar-refractivity contribution < 1.29 is 9.90 Å². The predicted molar refractivity (Wildman–Crippen MR) is 103 cm³/mol. The van der Waals surface area contributed by atoms with Crippen molar-refractivity contribution >= 4 is 11.7 Å². The summed E-state index contributed by atoms with van der Waals surface area (Å²) in [6, 6.07) is 6.67. The van der Waals surface area contributed by atoms with Gasteiger partial charge in [0, 0.05) is 5.56 Å². The molecule has 25 heavy (non-hydrogen) atoms. The molecule has 1 atom stereocenters. The minimum Gasteiger partial charge on any atom is -0.394 e. The Morgan fingerprint density at radius 2 is 1.64 bits per heavy atom. The molecule has 0 bridgehead atoms. The Bertz CT molecular complexity index is 514. The summed E-state index contributed by atoms with van der Waals surface area (Å²) in [6.45, 7) is 1.86. The quantitative estimate of drug-likeness (QED) is 0.250. The number of carbonyl (C=O) groups is 1. The number of hydrogen-bond donors (Lipinski definition) is 4. The van der Waals surface area contributed by atoms with Crippen LogP contribution < -0.4 is 11.1 Å². The number of aliphatic hydroxyl groups is 1. The van der Waals surface area contributed by atoms with Crippen LogP contribution >= 0.6 is 0 Å². The van der Waals surface area contributed by atoms with Crippen LogP contribution in [-0.4, -0.2) is 29.5 Å². The van der Waals surface area contributed by atoms with Crippen molar-refractivity contribution in [2.75, 3.05) is 6.61 Å². The summed E-state index contributed by atoms with van der Waals surface area (Å²) < 4.78 is 0. The molecule has 0 unspecified atom stereocenters. The maximum absolute atomic E-state index is 12.1. The zero-order valence-electron chi connectivity index (χ0n) is 15.4. The van der Waals surface area contributed by atoms with Crippen LogP contribution in [0, 0.1) is 5.41 Å². The van der Waals surface area contributed by atoms with Gasteiger partial charge in [0.25, 0.3) is 5.91 Å². The second-order valence-electron chi connectivity index (χ2n) is 6.59. The van der Waals surface area contributed by atoms with Gasteiger partial charge in [0.05, 0.1) is 6.61 Å². The molecular formula is C20H33N3O2. The summed E-state index contributed by atoms with van der Waals surface area (Å²) in [6.07, 6.45) is 11.5. The van der Waals surface area contributed by atoms with Crippen LogP contribution in [0.15, 0.2) is 24.3 Å². The van der Waals surface area contributed by atoms with Gasteiger partial charge in [-0.2, -0.15) is 0 Å². The first-order valence-corrected chi connectivity index (χ1v) is 9.43. The number of amidine groups is 1. The molecule has 1 aromatic rings. The fourth-order valence-corrected chi connectivity index (χ4v) is 2.75. The maximum Gasteiger partial charge on any atom is 0.251 e. The smallest absolute Gasteiger partial charge is 0.251 e.